The number of aromatic nitrogens is 2. The molecule has 0 atom stereocenters. The van der Waals surface area contributed by atoms with Crippen molar-refractivity contribution in [3.8, 4) is 0 Å². The summed E-state index contributed by atoms with van der Waals surface area (Å²) in [7, 11) is -0.587. The van der Waals surface area contributed by atoms with Crippen molar-refractivity contribution in [3.05, 3.63) is 41.5 Å². The highest BCUT2D eigenvalue weighted by Gasteiger charge is 2.52. The predicted octanol–water partition coefficient (Wildman–Crippen LogP) is 3.56. The van der Waals surface area contributed by atoms with Gasteiger partial charge in [0.15, 0.2) is 5.69 Å². The van der Waals surface area contributed by atoms with Gasteiger partial charge in [0.25, 0.3) is 0 Å². The number of halogens is 3. The lowest BCUT2D eigenvalue weighted by Crippen LogP contribution is -2.41. The first-order valence-electron chi connectivity index (χ1n) is 10.4. The van der Waals surface area contributed by atoms with E-state index in [0.29, 0.717) is 5.69 Å². The second kappa shape index (κ2) is 7.52. The summed E-state index contributed by atoms with van der Waals surface area (Å²) in [6.07, 6.45) is -3.39. The average molecular weight is 450 g/mol. The van der Waals surface area contributed by atoms with E-state index in [1.807, 2.05) is 40.7 Å². The zero-order chi connectivity index (χ0) is 23.5. The topological polar surface area (TPSA) is 68.6 Å². The van der Waals surface area contributed by atoms with Crippen molar-refractivity contribution in [2.24, 2.45) is 0 Å². The number of hydrogen-bond donors (Lipinski definition) is 1. The molecule has 1 aromatic heterocycles. The molecule has 3 heterocycles. The summed E-state index contributed by atoms with van der Waals surface area (Å²) >= 11 is 0. The van der Waals surface area contributed by atoms with Crippen LogP contribution in [0.15, 0.2) is 24.5 Å². The van der Waals surface area contributed by atoms with Gasteiger partial charge in [-0.05, 0) is 52.2 Å². The minimum absolute atomic E-state index is 0.0132. The van der Waals surface area contributed by atoms with Gasteiger partial charge in [0, 0.05) is 18.8 Å². The quantitative estimate of drug-likeness (QED) is 0.711. The highest BCUT2D eigenvalue weighted by molar-refractivity contribution is 6.62. The van der Waals surface area contributed by atoms with Crippen molar-refractivity contribution in [3.63, 3.8) is 0 Å². The number of alkyl halides is 3. The molecule has 0 unspecified atom stereocenters. The predicted molar refractivity (Wildman–Crippen MR) is 114 cm³/mol. The number of hydrogen-bond acceptors (Lipinski definition) is 4. The molecule has 0 spiro atoms. The number of amides is 2. The standard InChI is InChI=1S/C21H26BF3N4O3/c1-13-6-7-14(10-15(13)22-31-19(2,3)20(4,5)32-22)27-18(30)28-8-9-29-12-26-17(16(29)11-28)21(23,24)25/h6-7,10,12H,8-9,11H2,1-5H3,(H,27,30). The molecule has 0 radical (unpaired) electrons. The van der Waals surface area contributed by atoms with Gasteiger partial charge >= 0.3 is 19.3 Å². The summed E-state index contributed by atoms with van der Waals surface area (Å²) in [5.74, 6) is 0. The van der Waals surface area contributed by atoms with E-state index >= 15 is 0 Å². The minimum Gasteiger partial charge on any atom is -0.399 e. The van der Waals surface area contributed by atoms with Gasteiger partial charge in [-0.15, -0.1) is 0 Å². The van der Waals surface area contributed by atoms with E-state index in [0.717, 1.165) is 11.0 Å². The van der Waals surface area contributed by atoms with Crippen LogP contribution in [0.4, 0.5) is 23.7 Å². The molecular weight excluding hydrogens is 424 g/mol. The fourth-order valence-electron chi connectivity index (χ4n) is 3.81. The van der Waals surface area contributed by atoms with Crippen LogP contribution in [0.1, 0.15) is 44.6 Å². The maximum absolute atomic E-state index is 13.2. The van der Waals surface area contributed by atoms with Crippen LogP contribution in [-0.2, 0) is 28.6 Å². The first-order valence-corrected chi connectivity index (χ1v) is 10.4. The summed E-state index contributed by atoms with van der Waals surface area (Å²) in [6.45, 7) is 10.1. The molecule has 1 saturated heterocycles. The first-order chi connectivity index (χ1) is 14.8. The largest absolute Gasteiger partial charge is 0.495 e. The zero-order valence-corrected chi connectivity index (χ0v) is 18.7. The molecule has 2 aliphatic rings. The minimum atomic E-state index is -4.56. The maximum Gasteiger partial charge on any atom is 0.495 e. The van der Waals surface area contributed by atoms with Crippen LogP contribution in [0.5, 0.6) is 0 Å². The molecule has 2 amide bonds. The Labute approximate surface area is 185 Å². The third kappa shape index (κ3) is 3.99. The molecule has 1 aromatic carbocycles. The molecule has 172 valence electrons. The number of anilines is 1. The van der Waals surface area contributed by atoms with Crippen LogP contribution in [0.2, 0.25) is 0 Å². The van der Waals surface area contributed by atoms with Crippen molar-refractivity contribution >= 4 is 24.3 Å². The van der Waals surface area contributed by atoms with Crippen LogP contribution in [-0.4, -0.2) is 45.3 Å². The molecular formula is C21H26BF3N4O3. The fourth-order valence-corrected chi connectivity index (χ4v) is 3.81. The van der Waals surface area contributed by atoms with Crippen LogP contribution >= 0.6 is 0 Å². The molecule has 0 bridgehead atoms. The number of nitrogens with one attached hydrogen (secondary N) is 1. The van der Waals surface area contributed by atoms with Gasteiger partial charge in [-0.3, -0.25) is 0 Å². The third-order valence-electron chi connectivity index (χ3n) is 6.49. The number of carbonyl (C=O) groups excluding carboxylic acids is 1. The Hall–Kier alpha value is -2.53. The van der Waals surface area contributed by atoms with E-state index in [2.05, 4.69) is 10.3 Å². The highest BCUT2D eigenvalue weighted by atomic mass is 19.4. The number of imidazole rings is 1. The summed E-state index contributed by atoms with van der Waals surface area (Å²) in [5.41, 5.74) is 0.275. The van der Waals surface area contributed by atoms with Crippen molar-refractivity contribution in [1.29, 1.82) is 0 Å². The third-order valence-corrected chi connectivity index (χ3v) is 6.49. The normalized spacial score (nSPS) is 19.8. The van der Waals surface area contributed by atoms with Gasteiger partial charge in [-0.25, -0.2) is 9.78 Å². The number of fused-ring (bicyclic) bond motifs is 1. The molecule has 2 aliphatic heterocycles. The average Bonchev–Trinajstić information content (AvgIpc) is 3.20. The molecule has 4 rings (SSSR count). The molecule has 1 N–H and O–H groups in total. The lowest BCUT2D eigenvalue weighted by atomic mass is 9.76. The molecule has 2 aromatic rings. The SMILES string of the molecule is Cc1ccc(NC(=O)N2CCn3cnc(C(F)(F)F)c3C2)cc1B1OC(C)(C)C(C)(C)O1. The van der Waals surface area contributed by atoms with Crippen molar-refractivity contribution in [1.82, 2.24) is 14.5 Å². The van der Waals surface area contributed by atoms with Crippen LogP contribution < -0.4 is 10.8 Å². The smallest absolute Gasteiger partial charge is 0.399 e. The fraction of sp³-hybridized carbons (Fsp3) is 0.524. The molecule has 0 saturated carbocycles. The lowest BCUT2D eigenvalue weighted by Gasteiger charge is -2.32. The van der Waals surface area contributed by atoms with Gasteiger partial charge in [0.1, 0.15) is 0 Å². The first kappa shape index (κ1) is 22.7. The Balaban J connectivity index is 1.50. The van der Waals surface area contributed by atoms with Gasteiger partial charge < -0.3 is 24.1 Å². The summed E-state index contributed by atoms with van der Waals surface area (Å²) in [5, 5.41) is 2.79. The lowest BCUT2D eigenvalue weighted by molar-refractivity contribution is -0.142. The second-order valence-electron chi connectivity index (χ2n) is 9.24. The van der Waals surface area contributed by atoms with Gasteiger partial charge in [0.05, 0.1) is 29.8 Å². The van der Waals surface area contributed by atoms with E-state index in [-0.39, 0.29) is 25.3 Å². The summed E-state index contributed by atoms with van der Waals surface area (Å²) in [4.78, 5) is 17.7. The summed E-state index contributed by atoms with van der Waals surface area (Å²) in [6, 6.07) is 4.90. The zero-order valence-electron chi connectivity index (χ0n) is 18.7. The Morgan fingerprint density at radius 2 is 1.81 bits per heavy atom. The van der Waals surface area contributed by atoms with Crippen molar-refractivity contribution < 1.29 is 27.3 Å². The van der Waals surface area contributed by atoms with Crippen LogP contribution in [0.25, 0.3) is 0 Å². The molecule has 7 nitrogen and oxygen atoms in total. The summed E-state index contributed by atoms with van der Waals surface area (Å²) < 4.78 is 53.3. The number of rotatable bonds is 2. The van der Waals surface area contributed by atoms with E-state index in [4.69, 9.17) is 9.31 Å². The van der Waals surface area contributed by atoms with Gasteiger partial charge in [-0.1, -0.05) is 11.6 Å². The number of carbonyl (C=O) groups is 1. The van der Waals surface area contributed by atoms with Crippen LogP contribution in [0, 0.1) is 6.92 Å². The monoisotopic (exact) mass is 450 g/mol. The van der Waals surface area contributed by atoms with Crippen molar-refractivity contribution in [2.45, 2.75) is 65.1 Å². The van der Waals surface area contributed by atoms with E-state index < -0.39 is 36.2 Å². The van der Waals surface area contributed by atoms with E-state index in [1.54, 1.807) is 12.1 Å². The molecule has 0 aliphatic carbocycles. The van der Waals surface area contributed by atoms with Crippen LogP contribution in [0.3, 0.4) is 0 Å². The highest BCUT2D eigenvalue weighted by Crippen LogP contribution is 2.37. The molecule has 32 heavy (non-hydrogen) atoms. The van der Waals surface area contributed by atoms with E-state index in [9.17, 15) is 18.0 Å². The van der Waals surface area contributed by atoms with Gasteiger partial charge in [0.2, 0.25) is 0 Å². The number of urea groups is 1. The Kier molecular flexibility index (Phi) is 5.32. The van der Waals surface area contributed by atoms with Crippen molar-refractivity contribution in [2.75, 3.05) is 11.9 Å². The second-order valence-corrected chi connectivity index (χ2v) is 9.24. The molecule has 1 fully saturated rings. The Morgan fingerprint density at radius 3 is 2.44 bits per heavy atom. The van der Waals surface area contributed by atoms with E-state index in [1.165, 1.54) is 15.8 Å². The number of benzene rings is 1. The number of nitrogens with zero attached hydrogens (tertiary/aromatic N) is 3. The Morgan fingerprint density at radius 1 is 1.16 bits per heavy atom. The van der Waals surface area contributed by atoms with Gasteiger partial charge in [-0.2, -0.15) is 13.2 Å². The Bertz CT molecular complexity index is 1040. The maximum atomic E-state index is 13.2. The number of aryl methyl sites for hydroxylation is 1. The molecule has 11 heteroatoms.